The van der Waals surface area contributed by atoms with Crippen LogP contribution in [0.4, 0.5) is 0 Å². The summed E-state index contributed by atoms with van der Waals surface area (Å²) < 4.78 is 27.1. The summed E-state index contributed by atoms with van der Waals surface area (Å²) in [6.07, 6.45) is 1.99. The molecule has 142 valence electrons. The van der Waals surface area contributed by atoms with Crippen molar-refractivity contribution in [3.05, 3.63) is 41.2 Å². The Morgan fingerprint density at radius 1 is 1.23 bits per heavy atom. The fraction of sp³-hybridized carbons (Fsp3) is 0.444. The van der Waals surface area contributed by atoms with E-state index in [1.54, 1.807) is 19.1 Å². The highest BCUT2D eigenvalue weighted by Crippen LogP contribution is 2.35. The molecule has 0 aromatic heterocycles. The van der Waals surface area contributed by atoms with Gasteiger partial charge in [-0.2, -0.15) is 8.42 Å². The van der Waals surface area contributed by atoms with Gasteiger partial charge in [-0.05, 0) is 37.0 Å². The SMILES string of the molecule is CCO/N=C(/CC)C1=C(O)CC(c2ccc(OS(C)(=O)=O)cc2)CC1=O. The van der Waals surface area contributed by atoms with Gasteiger partial charge in [0.1, 0.15) is 18.1 Å². The van der Waals surface area contributed by atoms with E-state index in [1.807, 2.05) is 6.92 Å². The number of oxime groups is 1. The molecule has 26 heavy (non-hydrogen) atoms. The van der Waals surface area contributed by atoms with E-state index in [0.29, 0.717) is 25.2 Å². The Hall–Kier alpha value is -2.35. The normalized spacial score (nSPS) is 18.8. The van der Waals surface area contributed by atoms with Crippen LogP contribution in [-0.2, 0) is 19.8 Å². The first kappa shape index (κ1) is 20.0. The van der Waals surface area contributed by atoms with Crippen LogP contribution >= 0.6 is 0 Å². The fourth-order valence-corrected chi connectivity index (χ4v) is 3.32. The van der Waals surface area contributed by atoms with Crippen LogP contribution in [0, 0.1) is 0 Å². The van der Waals surface area contributed by atoms with Crippen LogP contribution in [0.5, 0.6) is 5.75 Å². The van der Waals surface area contributed by atoms with E-state index in [0.717, 1.165) is 11.8 Å². The summed E-state index contributed by atoms with van der Waals surface area (Å²) in [5, 5.41) is 14.3. The molecule has 1 aromatic carbocycles. The van der Waals surface area contributed by atoms with Crippen LogP contribution < -0.4 is 4.18 Å². The predicted molar refractivity (Wildman–Crippen MR) is 97.9 cm³/mol. The average Bonchev–Trinajstić information content (AvgIpc) is 2.56. The lowest BCUT2D eigenvalue weighted by atomic mass is 9.81. The molecular formula is C18H23NO6S. The second-order valence-corrected chi connectivity index (χ2v) is 7.59. The van der Waals surface area contributed by atoms with Gasteiger partial charge in [-0.15, -0.1) is 0 Å². The smallest absolute Gasteiger partial charge is 0.306 e. The van der Waals surface area contributed by atoms with E-state index < -0.39 is 10.1 Å². The average molecular weight is 381 g/mol. The third kappa shape index (κ3) is 5.08. The highest BCUT2D eigenvalue weighted by atomic mass is 32.2. The molecule has 1 aromatic rings. The number of carbonyl (C=O) groups is 1. The number of aliphatic hydroxyl groups excluding tert-OH is 1. The van der Waals surface area contributed by atoms with Crippen molar-refractivity contribution in [2.24, 2.45) is 5.16 Å². The zero-order valence-electron chi connectivity index (χ0n) is 15.1. The number of allylic oxidation sites excluding steroid dienone is 2. The van der Waals surface area contributed by atoms with Gasteiger partial charge in [0.05, 0.1) is 17.5 Å². The molecule has 0 aliphatic heterocycles. The van der Waals surface area contributed by atoms with Crippen LogP contribution in [0.1, 0.15) is 44.6 Å². The van der Waals surface area contributed by atoms with Gasteiger partial charge in [0.15, 0.2) is 5.78 Å². The summed E-state index contributed by atoms with van der Waals surface area (Å²) in [5.74, 6) is -0.168. The summed E-state index contributed by atoms with van der Waals surface area (Å²) in [6.45, 7) is 4.02. The summed E-state index contributed by atoms with van der Waals surface area (Å²) in [6, 6.07) is 6.47. The molecule has 1 aliphatic carbocycles. The van der Waals surface area contributed by atoms with Crippen molar-refractivity contribution in [3.8, 4) is 5.75 Å². The standard InChI is InChI=1S/C18H23NO6S/c1-4-15(19-24-5-2)18-16(20)10-13(11-17(18)21)12-6-8-14(9-7-12)25-26(3,22)23/h6-9,13,20H,4-5,10-11H2,1-3H3/b19-15-. The number of aliphatic hydroxyl groups is 1. The Kier molecular flexibility index (Phi) is 6.42. The van der Waals surface area contributed by atoms with Crippen molar-refractivity contribution in [2.45, 2.75) is 39.0 Å². The first-order valence-electron chi connectivity index (χ1n) is 8.39. The molecule has 0 spiro atoms. The van der Waals surface area contributed by atoms with E-state index in [4.69, 9.17) is 9.02 Å². The lowest BCUT2D eigenvalue weighted by Crippen LogP contribution is -2.23. The van der Waals surface area contributed by atoms with Crippen LogP contribution in [0.25, 0.3) is 0 Å². The molecular weight excluding hydrogens is 358 g/mol. The number of hydrogen-bond donors (Lipinski definition) is 1. The molecule has 0 fully saturated rings. The molecule has 0 heterocycles. The molecule has 8 heteroatoms. The topological polar surface area (TPSA) is 102 Å². The van der Waals surface area contributed by atoms with Gasteiger partial charge in [0.25, 0.3) is 0 Å². The summed E-state index contributed by atoms with van der Waals surface area (Å²) in [4.78, 5) is 17.6. The zero-order chi connectivity index (χ0) is 19.3. The summed E-state index contributed by atoms with van der Waals surface area (Å²) in [7, 11) is -3.59. The maximum absolute atomic E-state index is 12.5. The second kappa shape index (κ2) is 8.35. The second-order valence-electron chi connectivity index (χ2n) is 6.02. The van der Waals surface area contributed by atoms with Crippen molar-refractivity contribution in [3.63, 3.8) is 0 Å². The van der Waals surface area contributed by atoms with Crippen LogP contribution in [-0.4, -0.2) is 37.9 Å². The number of ketones is 1. The van der Waals surface area contributed by atoms with Crippen molar-refractivity contribution < 1.29 is 27.3 Å². The van der Waals surface area contributed by atoms with Crippen molar-refractivity contribution in [2.75, 3.05) is 12.9 Å². The fourth-order valence-electron chi connectivity index (χ4n) is 2.86. The molecule has 0 radical (unpaired) electrons. The largest absolute Gasteiger partial charge is 0.511 e. The highest BCUT2D eigenvalue weighted by molar-refractivity contribution is 7.86. The van der Waals surface area contributed by atoms with Gasteiger partial charge in [0, 0.05) is 12.8 Å². The molecule has 0 saturated carbocycles. The van der Waals surface area contributed by atoms with Gasteiger partial charge >= 0.3 is 10.1 Å². The minimum Gasteiger partial charge on any atom is -0.511 e. The Morgan fingerprint density at radius 3 is 2.38 bits per heavy atom. The maximum Gasteiger partial charge on any atom is 0.306 e. The minimum atomic E-state index is -3.59. The number of hydrogen-bond acceptors (Lipinski definition) is 7. The van der Waals surface area contributed by atoms with Gasteiger partial charge in [-0.25, -0.2) is 0 Å². The third-order valence-electron chi connectivity index (χ3n) is 3.97. The predicted octanol–water partition coefficient (Wildman–Crippen LogP) is 3.09. The first-order valence-corrected chi connectivity index (χ1v) is 10.2. The van der Waals surface area contributed by atoms with E-state index >= 15 is 0 Å². The molecule has 0 amide bonds. The van der Waals surface area contributed by atoms with E-state index in [-0.39, 0.29) is 35.2 Å². The van der Waals surface area contributed by atoms with Gasteiger partial charge in [-0.3, -0.25) is 4.79 Å². The lowest BCUT2D eigenvalue weighted by Gasteiger charge is -2.24. The van der Waals surface area contributed by atoms with Gasteiger partial charge in [0.2, 0.25) is 0 Å². The van der Waals surface area contributed by atoms with E-state index in [2.05, 4.69) is 5.16 Å². The van der Waals surface area contributed by atoms with Crippen molar-refractivity contribution in [1.82, 2.24) is 0 Å². The molecule has 7 nitrogen and oxygen atoms in total. The molecule has 0 bridgehead atoms. The van der Waals surface area contributed by atoms with Gasteiger partial charge < -0.3 is 14.1 Å². The first-order chi connectivity index (χ1) is 12.2. The van der Waals surface area contributed by atoms with Crippen LogP contribution in [0.2, 0.25) is 0 Å². The number of Topliss-reactive ketones (excluding diaryl/α,β-unsaturated/α-hetero) is 1. The van der Waals surface area contributed by atoms with E-state index in [1.165, 1.54) is 12.1 Å². The van der Waals surface area contributed by atoms with Crippen molar-refractivity contribution in [1.29, 1.82) is 0 Å². The monoisotopic (exact) mass is 381 g/mol. The third-order valence-corrected chi connectivity index (χ3v) is 4.46. The van der Waals surface area contributed by atoms with Gasteiger partial charge in [-0.1, -0.05) is 24.2 Å². The highest BCUT2D eigenvalue weighted by Gasteiger charge is 2.31. The minimum absolute atomic E-state index is 0.00279. The molecule has 1 atom stereocenters. The maximum atomic E-state index is 12.5. The molecule has 1 unspecified atom stereocenters. The molecule has 2 rings (SSSR count). The van der Waals surface area contributed by atoms with Crippen LogP contribution in [0.3, 0.4) is 0 Å². The quantitative estimate of drug-likeness (QED) is 0.442. The molecule has 0 saturated heterocycles. The molecule has 1 N–H and O–H groups in total. The number of benzene rings is 1. The summed E-state index contributed by atoms with van der Waals surface area (Å²) >= 11 is 0. The Morgan fingerprint density at radius 2 is 1.88 bits per heavy atom. The number of nitrogens with zero attached hydrogens (tertiary/aromatic N) is 1. The van der Waals surface area contributed by atoms with Crippen LogP contribution in [0.15, 0.2) is 40.8 Å². The number of carbonyl (C=O) groups excluding carboxylic acids is 1. The summed E-state index contributed by atoms with van der Waals surface area (Å²) in [5.41, 5.74) is 1.52. The zero-order valence-corrected chi connectivity index (χ0v) is 15.9. The van der Waals surface area contributed by atoms with E-state index in [9.17, 15) is 18.3 Å². The Balaban J connectivity index is 2.21. The molecule has 1 aliphatic rings. The lowest BCUT2D eigenvalue weighted by molar-refractivity contribution is -0.116. The number of rotatable bonds is 7. The van der Waals surface area contributed by atoms with Crippen molar-refractivity contribution >= 4 is 21.6 Å². The Bertz CT molecular complexity index is 824. The Labute approximate surface area is 153 Å².